The number of nitrogens with two attached hydrogens (primary N) is 1. The number of hydrogen-bond donors (Lipinski definition) is 1. The molecule has 2 N–H and O–H groups in total. The molecule has 1 atom stereocenters. The summed E-state index contributed by atoms with van der Waals surface area (Å²) >= 11 is 11.1. The summed E-state index contributed by atoms with van der Waals surface area (Å²) in [4.78, 5) is 14.4. The second kappa shape index (κ2) is 5.86. The van der Waals surface area contributed by atoms with Gasteiger partial charge in [0.05, 0.1) is 23.7 Å². The Kier molecular flexibility index (Phi) is 4.39. The maximum absolute atomic E-state index is 12.4. The van der Waals surface area contributed by atoms with Gasteiger partial charge in [0.15, 0.2) is 0 Å². The van der Waals surface area contributed by atoms with Gasteiger partial charge in [-0.05, 0) is 18.6 Å². The Labute approximate surface area is 122 Å². The summed E-state index contributed by atoms with van der Waals surface area (Å²) in [6.45, 7) is 3.19. The van der Waals surface area contributed by atoms with Crippen molar-refractivity contribution in [3.63, 3.8) is 0 Å². The molecule has 1 amide bonds. The maximum atomic E-state index is 12.4. The summed E-state index contributed by atoms with van der Waals surface area (Å²) in [7, 11) is 0. The van der Waals surface area contributed by atoms with Crippen molar-refractivity contribution >= 4 is 34.7 Å². The van der Waals surface area contributed by atoms with Gasteiger partial charge in [0.25, 0.3) is 5.91 Å². The molecule has 19 heavy (non-hydrogen) atoms. The molecule has 1 unspecified atom stereocenters. The molecular weight excluding hydrogens is 284 g/mol. The van der Waals surface area contributed by atoms with E-state index in [-0.39, 0.29) is 17.0 Å². The number of benzene rings is 1. The van der Waals surface area contributed by atoms with E-state index in [1.807, 2.05) is 19.1 Å². The Bertz CT molecular complexity index is 521. The summed E-state index contributed by atoms with van der Waals surface area (Å²) in [6.07, 6.45) is -0.378. The summed E-state index contributed by atoms with van der Waals surface area (Å²) in [5, 5.41) is 0.492. The first-order valence-corrected chi connectivity index (χ1v) is 6.74. The van der Waals surface area contributed by atoms with Crippen LogP contribution < -0.4 is 5.73 Å². The van der Waals surface area contributed by atoms with Crippen LogP contribution in [0.15, 0.2) is 18.2 Å². The van der Waals surface area contributed by atoms with E-state index in [1.165, 1.54) is 0 Å². The quantitative estimate of drug-likeness (QED) is 0.846. The molecule has 1 fully saturated rings. The number of hydrogen-bond acceptors (Lipinski definition) is 3. The molecule has 0 saturated carbocycles. The maximum Gasteiger partial charge on any atom is 0.255 e. The van der Waals surface area contributed by atoms with Gasteiger partial charge in [-0.3, -0.25) is 4.79 Å². The van der Waals surface area contributed by atoms with Crippen LogP contribution in [0.1, 0.15) is 15.9 Å². The predicted molar refractivity (Wildman–Crippen MR) is 78.6 cm³/mol. The highest BCUT2D eigenvalue weighted by Gasteiger charge is 2.27. The number of rotatable bonds is 2. The van der Waals surface area contributed by atoms with Gasteiger partial charge in [-0.1, -0.05) is 36.0 Å². The van der Waals surface area contributed by atoms with Crippen LogP contribution in [0.5, 0.6) is 0 Å². The fourth-order valence-corrected chi connectivity index (χ4v) is 2.34. The second-order valence-corrected chi connectivity index (χ2v) is 5.30. The van der Waals surface area contributed by atoms with Gasteiger partial charge < -0.3 is 15.4 Å². The Morgan fingerprint density at radius 2 is 2.32 bits per heavy atom. The zero-order chi connectivity index (χ0) is 14.0. The zero-order valence-electron chi connectivity index (χ0n) is 10.6. The predicted octanol–water partition coefficient (Wildman–Crippen LogP) is 1.78. The minimum absolute atomic E-state index is 0.113. The van der Waals surface area contributed by atoms with Gasteiger partial charge >= 0.3 is 0 Å². The van der Waals surface area contributed by atoms with E-state index in [9.17, 15) is 4.79 Å². The lowest BCUT2D eigenvalue weighted by Gasteiger charge is -2.32. The zero-order valence-corrected chi connectivity index (χ0v) is 12.1. The molecule has 1 aromatic rings. The van der Waals surface area contributed by atoms with Gasteiger partial charge in [-0.2, -0.15) is 0 Å². The molecule has 6 heteroatoms. The number of morpholine rings is 1. The average Bonchev–Trinajstić information content (AvgIpc) is 2.41. The average molecular weight is 299 g/mol. The van der Waals surface area contributed by atoms with E-state index in [4.69, 9.17) is 34.3 Å². The number of ether oxygens (including phenoxy) is 1. The lowest BCUT2D eigenvalue weighted by Crippen LogP contribution is -2.50. The molecular formula is C13H15ClN2O2S. The normalized spacial score (nSPS) is 19.3. The highest BCUT2D eigenvalue weighted by molar-refractivity contribution is 7.80. The summed E-state index contributed by atoms with van der Waals surface area (Å²) in [5.74, 6) is -0.113. The van der Waals surface area contributed by atoms with Crippen LogP contribution in [0.25, 0.3) is 0 Å². The molecule has 1 saturated heterocycles. The van der Waals surface area contributed by atoms with Crippen molar-refractivity contribution in [1.82, 2.24) is 4.90 Å². The van der Waals surface area contributed by atoms with E-state index >= 15 is 0 Å². The topological polar surface area (TPSA) is 55.6 Å². The molecule has 0 spiro atoms. The van der Waals surface area contributed by atoms with Crippen molar-refractivity contribution in [2.24, 2.45) is 5.73 Å². The first-order chi connectivity index (χ1) is 9.00. The smallest absolute Gasteiger partial charge is 0.255 e. The van der Waals surface area contributed by atoms with Crippen LogP contribution in [0.2, 0.25) is 5.02 Å². The molecule has 1 aliphatic rings. The Balaban J connectivity index is 2.19. The monoisotopic (exact) mass is 298 g/mol. The van der Waals surface area contributed by atoms with Crippen molar-refractivity contribution < 1.29 is 9.53 Å². The van der Waals surface area contributed by atoms with Crippen molar-refractivity contribution in [2.45, 2.75) is 13.0 Å². The summed E-state index contributed by atoms with van der Waals surface area (Å²) in [6, 6.07) is 5.42. The van der Waals surface area contributed by atoms with E-state index in [1.54, 1.807) is 11.0 Å². The minimum atomic E-state index is -0.378. The third kappa shape index (κ3) is 3.05. The van der Waals surface area contributed by atoms with Crippen LogP contribution in [0, 0.1) is 6.92 Å². The molecule has 0 aromatic heterocycles. The standard InChI is InChI=1S/C13H15ClN2O2S/c1-8-3-2-4-9(11(8)14)13(17)16-5-6-18-10(7-16)12(15)19/h2-4,10H,5-7H2,1H3,(H2,15,19). The van der Waals surface area contributed by atoms with Gasteiger partial charge in [0.1, 0.15) is 11.1 Å². The van der Waals surface area contributed by atoms with Gasteiger partial charge in [0.2, 0.25) is 0 Å². The first-order valence-electron chi connectivity index (χ1n) is 5.96. The number of nitrogens with zero attached hydrogens (tertiary/aromatic N) is 1. The number of carbonyl (C=O) groups excluding carboxylic acids is 1. The molecule has 102 valence electrons. The summed E-state index contributed by atoms with van der Waals surface area (Å²) < 4.78 is 5.42. The van der Waals surface area contributed by atoms with Crippen LogP contribution in [-0.2, 0) is 4.74 Å². The van der Waals surface area contributed by atoms with Gasteiger partial charge in [0, 0.05) is 6.54 Å². The van der Waals surface area contributed by atoms with Crippen molar-refractivity contribution in [3.05, 3.63) is 34.3 Å². The van der Waals surface area contributed by atoms with E-state index in [0.717, 1.165) is 5.56 Å². The van der Waals surface area contributed by atoms with Crippen LogP contribution in [0.3, 0.4) is 0 Å². The second-order valence-electron chi connectivity index (χ2n) is 4.45. The Morgan fingerprint density at radius 1 is 1.58 bits per heavy atom. The van der Waals surface area contributed by atoms with Crippen LogP contribution in [-0.4, -0.2) is 41.6 Å². The molecule has 0 aliphatic carbocycles. The highest BCUT2D eigenvalue weighted by Crippen LogP contribution is 2.22. The van der Waals surface area contributed by atoms with Crippen molar-refractivity contribution in [3.8, 4) is 0 Å². The van der Waals surface area contributed by atoms with Crippen molar-refractivity contribution in [1.29, 1.82) is 0 Å². The van der Waals surface area contributed by atoms with E-state index in [2.05, 4.69) is 0 Å². The minimum Gasteiger partial charge on any atom is -0.391 e. The van der Waals surface area contributed by atoms with Gasteiger partial charge in [-0.25, -0.2) is 0 Å². The van der Waals surface area contributed by atoms with Crippen LogP contribution >= 0.6 is 23.8 Å². The van der Waals surface area contributed by atoms with Crippen LogP contribution in [0.4, 0.5) is 0 Å². The van der Waals surface area contributed by atoms with Gasteiger partial charge in [-0.15, -0.1) is 0 Å². The van der Waals surface area contributed by atoms with Crippen molar-refractivity contribution in [2.75, 3.05) is 19.7 Å². The Morgan fingerprint density at radius 3 is 3.00 bits per heavy atom. The molecule has 1 aliphatic heterocycles. The molecule has 1 heterocycles. The molecule has 2 rings (SSSR count). The lowest BCUT2D eigenvalue weighted by atomic mass is 10.1. The summed E-state index contributed by atoms with van der Waals surface area (Å²) in [5.41, 5.74) is 6.95. The fraction of sp³-hybridized carbons (Fsp3) is 0.385. The Hall–Kier alpha value is -1.17. The lowest BCUT2D eigenvalue weighted by molar-refractivity contribution is 0.00879. The number of thiocarbonyl (C=S) groups is 1. The number of aryl methyl sites for hydroxylation is 1. The van der Waals surface area contributed by atoms with E-state index in [0.29, 0.717) is 30.3 Å². The third-order valence-corrected chi connectivity index (χ3v) is 3.86. The highest BCUT2D eigenvalue weighted by atomic mass is 35.5. The number of carbonyl (C=O) groups is 1. The third-order valence-electron chi connectivity index (χ3n) is 3.09. The fourth-order valence-electron chi connectivity index (χ4n) is 1.99. The van der Waals surface area contributed by atoms with E-state index < -0.39 is 0 Å². The SMILES string of the molecule is Cc1cccc(C(=O)N2CCOC(C(N)=S)C2)c1Cl. The number of halogens is 1. The number of amides is 1. The largest absolute Gasteiger partial charge is 0.391 e. The molecule has 4 nitrogen and oxygen atoms in total. The molecule has 1 aromatic carbocycles. The molecule has 0 bridgehead atoms. The first kappa shape index (κ1) is 14.2. The molecule has 0 radical (unpaired) electrons.